The lowest BCUT2D eigenvalue weighted by atomic mass is 9.80. The van der Waals surface area contributed by atoms with E-state index in [0.717, 1.165) is 18.3 Å². The van der Waals surface area contributed by atoms with Crippen molar-refractivity contribution in [1.82, 2.24) is 0 Å². The van der Waals surface area contributed by atoms with Crippen molar-refractivity contribution in [3.63, 3.8) is 0 Å². The maximum atomic E-state index is 9.24. The summed E-state index contributed by atoms with van der Waals surface area (Å²) in [5, 5.41) is 9.24. The molecule has 112 valence electrons. The first kappa shape index (κ1) is 15.4. The van der Waals surface area contributed by atoms with Gasteiger partial charge in [-0.15, -0.1) is 0 Å². The molecule has 0 amide bonds. The Morgan fingerprint density at radius 1 is 0.900 bits per heavy atom. The Balaban J connectivity index is 1.48. The molecule has 1 aliphatic carbocycles. The molecule has 0 atom stereocenters. The summed E-state index contributed by atoms with van der Waals surface area (Å²) >= 11 is 0. The van der Waals surface area contributed by atoms with E-state index in [1.807, 2.05) is 12.1 Å². The van der Waals surface area contributed by atoms with E-state index < -0.39 is 0 Å². The molecule has 1 heteroatoms. The molecule has 1 aliphatic rings. The number of rotatable bonds is 7. The van der Waals surface area contributed by atoms with Crippen molar-refractivity contribution in [2.24, 2.45) is 11.8 Å². The van der Waals surface area contributed by atoms with Gasteiger partial charge in [0.25, 0.3) is 0 Å². The fraction of sp³-hybridized carbons (Fsp3) is 0.684. The summed E-state index contributed by atoms with van der Waals surface area (Å²) in [6.07, 6.45) is 14.0. The molecule has 0 saturated heterocycles. The van der Waals surface area contributed by atoms with Crippen LogP contribution in [0.3, 0.4) is 0 Å². The van der Waals surface area contributed by atoms with Crippen LogP contribution in [0.5, 0.6) is 5.75 Å². The Hall–Kier alpha value is -0.980. The van der Waals surface area contributed by atoms with Crippen LogP contribution in [-0.4, -0.2) is 5.11 Å². The molecule has 2 rings (SSSR count). The van der Waals surface area contributed by atoms with Crippen molar-refractivity contribution in [2.75, 3.05) is 0 Å². The van der Waals surface area contributed by atoms with Crippen LogP contribution in [-0.2, 0) is 6.42 Å². The number of benzene rings is 1. The molecule has 0 heterocycles. The molecule has 20 heavy (non-hydrogen) atoms. The van der Waals surface area contributed by atoms with Gasteiger partial charge in [-0.2, -0.15) is 0 Å². The Kier molecular flexibility index (Phi) is 6.42. The summed E-state index contributed by atoms with van der Waals surface area (Å²) < 4.78 is 0. The van der Waals surface area contributed by atoms with Gasteiger partial charge in [0.05, 0.1) is 0 Å². The van der Waals surface area contributed by atoms with Gasteiger partial charge < -0.3 is 5.11 Å². The van der Waals surface area contributed by atoms with Crippen LogP contribution in [0.1, 0.15) is 70.3 Å². The zero-order chi connectivity index (χ0) is 14.2. The molecule has 1 aromatic rings. The van der Waals surface area contributed by atoms with Gasteiger partial charge >= 0.3 is 0 Å². The average Bonchev–Trinajstić information content (AvgIpc) is 2.46. The first-order valence-electron chi connectivity index (χ1n) is 8.52. The van der Waals surface area contributed by atoms with Gasteiger partial charge in [0.1, 0.15) is 5.75 Å². The second-order valence-electron chi connectivity index (χ2n) is 6.75. The van der Waals surface area contributed by atoms with E-state index in [-0.39, 0.29) is 0 Å². The fourth-order valence-corrected chi connectivity index (χ4v) is 3.40. The van der Waals surface area contributed by atoms with E-state index in [2.05, 4.69) is 6.92 Å². The highest BCUT2D eigenvalue weighted by Gasteiger charge is 2.17. The second kappa shape index (κ2) is 8.34. The van der Waals surface area contributed by atoms with Crippen LogP contribution >= 0.6 is 0 Å². The summed E-state index contributed by atoms with van der Waals surface area (Å²) in [5.41, 5.74) is 1.35. The number of aryl methyl sites for hydroxylation is 1. The molecule has 1 fully saturated rings. The SMILES string of the molecule is CC1CCC(CCCCCCc2ccc(O)cc2)CC1. The zero-order valence-electron chi connectivity index (χ0n) is 13.0. The Morgan fingerprint density at radius 3 is 2.25 bits per heavy atom. The van der Waals surface area contributed by atoms with Crippen molar-refractivity contribution >= 4 is 0 Å². The molecule has 1 aromatic carbocycles. The molecular formula is C19H30O. The van der Waals surface area contributed by atoms with Crippen LogP contribution < -0.4 is 0 Å². The largest absolute Gasteiger partial charge is 0.508 e. The monoisotopic (exact) mass is 274 g/mol. The predicted octanol–water partition coefficient (Wildman–Crippen LogP) is 5.71. The van der Waals surface area contributed by atoms with Crippen LogP contribution in [0.2, 0.25) is 0 Å². The minimum absolute atomic E-state index is 0.371. The van der Waals surface area contributed by atoms with E-state index >= 15 is 0 Å². The van der Waals surface area contributed by atoms with Crippen molar-refractivity contribution < 1.29 is 5.11 Å². The molecule has 0 radical (unpaired) electrons. The summed E-state index contributed by atoms with van der Waals surface area (Å²) in [4.78, 5) is 0. The molecule has 1 nitrogen and oxygen atoms in total. The number of phenolic OH excluding ortho intramolecular Hbond substituents is 1. The maximum absolute atomic E-state index is 9.24. The van der Waals surface area contributed by atoms with Gasteiger partial charge in [-0.1, -0.05) is 70.4 Å². The standard InChI is InChI=1S/C19H30O/c1-16-8-10-17(11-9-16)6-4-2-3-5-7-18-12-14-19(20)15-13-18/h12-17,20H,2-11H2,1H3. The quantitative estimate of drug-likeness (QED) is 0.631. The van der Waals surface area contributed by atoms with Crippen LogP contribution in [0.25, 0.3) is 0 Å². The minimum atomic E-state index is 0.371. The third-order valence-electron chi connectivity index (χ3n) is 4.90. The van der Waals surface area contributed by atoms with Crippen LogP contribution in [0.4, 0.5) is 0 Å². The summed E-state index contributed by atoms with van der Waals surface area (Å²) in [6.45, 7) is 2.40. The summed E-state index contributed by atoms with van der Waals surface area (Å²) in [5.74, 6) is 2.38. The van der Waals surface area contributed by atoms with Crippen molar-refractivity contribution in [3.8, 4) is 5.75 Å². The highest BCUT2D eigenvalue weighted by atomic mass is 16.3. The minimum Gasteiger partial charge on any atom is -0.508 e. The topological polar surface area (TPSA) is 20.2 Å². The Morgan fingerprint density at radius 2 is 1.55 bits per heavy atom. The van der Waals surface area contributed by atoms with E-state index in [9.17, 15) is 5.11 Å². The smallest absolute Gasteiger partial charge is 0.115 e. The van der Waals surface area contributed by atoms with E-state index in [0.29, 0.717) is 5.75 Å². The lowest BCUT2D eigenvalue weighted by molar-refractivity contribution is 0.271. The Labute approximate surface area is 124 Å². The van der Waals surface area contributed by atoms with Gasteiger partial charge in [0.15, 0.2) is 0 Å². The van der Waals surface area contributed by atoms with Crippen LogP contribution in [0, 0.1) is 11.8 Å². The van der Waals surface area contributed by atoms with Crippen LogP contribution in [0.15, 0.2) is 24.3 Å². The highest BCUT2D eigenvalue weighted by Crippen LogP contribution is 2.31. The highest BCUT2D eigenvalue weighted by molar-refractivity contribution is 5.25. The molecule has 1 saturated carbocycles. The number of hydrogen-bond acceptors (Lipinski definition) is 1. The lowest BCUT2D eigenvalue weighted by Gasteiger charge is -2.26. The summed E-state index contributed by atoms with van der Waals surface area (Å²) in [7, 11) is 0. The van der Waals surface area contributed by atoms with Crippen molar-refractivity contribution in [3.05, 3.63) is 29.8 Å². The van der Waals surface area contributed by atoms with Gasteiger partial charge in [0, 0.05) is 0 Å². The molecule has 0 aromatic heterocycles. The first-order chi connectivity index (χ1) is 9.74. The first-order valence-corrected chi connectivity index (χ1v) is 8.52. The lowest BCUT2D eigenvalue weighted by Crippen LogP contribution is -2.12. The normalized spacial score (nSPS) is 22.9. The van der Waals surface area contributed by atoms with E-state index in [1.54, 1.807) is 12.1 Å². The zero-order valence-corrected chi connectivity index (χ0v) is 13.0. The van der Waals surface area contributed by atoms with Gasteiger partial charge in [-0.3, -0.25) is 0 Å². The Bertz CT molecular complexity index is 360. The fourth-order valence-electron chi connectivity index (χ4n) is 3.40. The van der Waals surface area contributed by atoms with E-state index in [4.69, 9.17) is 0 Å². The third kappa shape index (κ3) is 5.56. The van der Waals surface area contributed by atoms with Crippen molar-refractivity contribution in [1.29, 1.82) is 0 Å². The average molecular weight is 274 g/mol. The third-order valence-corrected chi connectivity index (χ3v) is 4.90. The molecule has 1 N–H and O–H groups in total. The predicted molar refractivity (Wildman–Crippen MR) is 86.0 cm³/mol. The number of unbranched alkanes of at least 4 members (excludes halogenated alkanes) is 3. The maximum Gasteiger partial charge on any atom is 0.115 e. The summed E-state index contributed by atoms with van der Waals surface area (Å²) in [6, 6.07) is 7.66. The second-order valence-corrected chi connectivity index (χ2v) is 6.75. The van der Waals surface area contributed by atoms with Gasteiger partial charge in [0.2, 0.25) is 0 Å². The molecular weight excluding hydrogens is 244 g/mol. The molecule has 0 unspecified atom stereocenters. The van der Waals surface area contributed by atoms with Gasteiger partial charge in [-0.05, 0) is 42.4 Å². The number of phenols is 1. The number of hydrogen-bond donors (Lipinski definition) is 1. The van der Waals surface area contributed by atoms with Crippen molar-refractivity contribution in [2.45, 2.75) is 71.1 Å². The number of aromatic hydroxyl groups is 1. The molecule has 0 bridgehead atoms. The van der Waals surface area contributed by atoms with E-state index in [1.165, 1.54) is 63.4 Å². The molecule has 0 spiro atoms. The van der Waals surface area contributed by atoms with Gasteiger partial charge in [-0.25, -0.2) is 0 Å². The molecule has 0 aliphatic heterocycles.